The number of hydrogen-bond donors (Lipinski definition) is 0. The van der Waals surface area contributed by atoms with E-state index in [0.29, 0.717) is 11.1 Å². The van der Waals surface area contributed by atoms with Gasteiger partial charge in [0.15, 0.2) is 0 Å². The minimum absolute atomic E-state index is 0.539. The van der Waals surface area contributed by atoms with Gasteiger partial charge in [-0.3, -0.25) is 0 Å². The lowest BCUT2D eigenvalue weighted by Gasteiger charge is -2.28. The third-order valence-electron chi connectivity index (χ3n) is 4.28. The van der Waals surface area contributed by atoms with E-state index in [1.54, 1.807) is 24.3 Å². The zero-order valence-electron chi connectivity index (χ0n) is 13.8. The second-order valence-corrected chi connectivity index (χ2v) is 5.82. The zero-order chi connectivity index (χ0) is 17.1. The van der Waals surface area contributed by atoms with Crippen LogP contribution in [0.25, 0.3) is 0 Å². The normalized spacial score (nSPS) is 20.4. The molecule has 0 amide bonds. The van der Waals surface area contributed by atoms with Gasteiger partial charge in [-0.2, -0.15) is 0 Å². The van der Waals surface area contributed by atoms with E-state index in [2.05, 4.69) is 13.8 Å². The van der Waals surface area contributed by atoms with Crippen LogP contribution in [0.1, 0.15) is 48.3 Å². The molecule has 4 nitrogen and oxygen atoms in total. The van der Waals surface area contributed by atoms with Gasteiger partial charge in [-0.05, 0) is 24.0 Å². The number of aryl methyl sites for hydroxylation is 2. The van der Waals surface area contributed by atoms with Crippen LogP contribution in [0.15, 0.2) is 48.5 Å². The van der Waals surface area contributed by atoms with E-state index in [9.17, 15) is 9.59 Å². The average molecular weight is 324 g/mol. The van der Waals surface area contributed by atoms with Crippen molar-refractivity contribution in [1.29, 1.82) is 0 Å². The van der Waals surface area contributed by atoms with E-state index >= 15 is 0 Å². The Kier molecular flexibility index (Phi) is 4.65. The summed E-state index contributed by atoms with van der Waals surface area (Å²) in [6.45, 7) is 4.11. The largest absolute Gasteiger partial charge is 0.442 e. The summed E-state index contributed by atoms with van der Waals surface area (Å²) >= 11 is 0. The van der Waals surface area contributed by atoms with Crippen LogP contribution in [0.3, 0.4) is 0 Å². The first-order valence-corrected chi connectivity index (χ1v) is 8.21. The van der Waals surface area contributed by atoms with Crippen molar-refractivity contribution in [1.82, 2.24) is 0 Å². The molecule has 124 valence electrons. The highest BCUT2D eigenvalue weighted by Gasteiger charge is 2.39. The van der Waals surface area contributed by atoms with Crippen molar-refractivity contribution in [3.8, 4) is 0 Å². The summed E-state index contributed by atoms with van der Waals surface area (Å²) in [5, 5.41) is 0. The van der Waals surface area contributed by atoms with E-state index < -0.39 is 24.1 Å². The zero-order valence-corrected chi connectivity index (χ0v) is 13.8. The second kappa shape index (κ2) is 6.87. The van der Waals surface area contributed by atoms with E-state index in [-0.39, 0.29) is 0 Å². The van der Waals surface area contributed by atoms with Crippen molar-refractivity contribution in [2.75, 3.05) is 0 Å². The minimum atomic E-state index is -0.991. The lowest BCUT2D eigenvalue weighted by molar-refractivity contribution is -0.196. The first kappa shape index (κ1) is 16.2. The number of carbonyl (C=O) groups is 2. The summed E-state index contributed by atoms with van der Waals surface area (Å²) in [7, 11) is 0. The maximum absolute atomic E-state index is 12.3. The molecule has 1 aliphatic rings. The van der Waals surface area contributed by atoms with Crippen molar-refractivity contribution in [3.63, 3.8) is 0 Å². The maximum atomic E-state index is 12.3. The first-order chi connectivity index (χ1) is 11.6. The molecule has 4 heteroatoms. The van der Waals surface area contributed by atoms with Gasteiger partial charge in [0.05, 0.1) is 0 Å². The van der Waals surface area contributed by atoms with Gasteiger partial charge in [0.25, 0.3) is 0 Å². The number of esters is 2. The lowest BCUT2D eigenvalue weighted by atomic mass is 10.0. The predicted octanol–water partition coefficient (Wildman–Crippen LogP) is 3.69. The first-order valence-electron chi connectivity index (χ1n) is 8.21. The van der Waals surface area contributed by atoms with Gasteiger partial charge < -0.3 is 9.47 Å². The van der Waals surface area contributed by atoms with Crippen LogP contribution in [0.2, 0.25) is 0 Å². The third-order valence-corrected chi connectivity index (χ3v) is 4.28. The highest BCUT2D eigenvalue weighted by molar-refractivity contribution is 5.89. The average Bonchev–Trinajstić information content (AvgIpc) is 2.63. The number of rotatable bonds is 4. The van der Waals surface area contributed by atoms with Crippen LogP contribution in [-0.4, -0.2) is 11.9 Å². The summed E-state index contributed by atoms with van der Waals surface area (Å²) in [6.07, 6.45) is -0.167. The molecule has 1 aliphatic heterocycles. The Hall–Kier alpha value is -2.62. The van der Waals surface area contributed by atoms with Crippen molar-refractivity contribution in [3.05, 3.63) is 70.8 Å². The molecule has 0 bridgehead atoms. The summed E-state index contributed by atoms with van der Waals surface area (Å²) in [5.41, 5.74) is 3.57. The molecule has 0 spiro atoms. The molecule has 2 aromatic carbocycles. The Labute approximate surface area is 141 Å². The fraction of sp³-hybridized carbons (Fsp3) is 0.300. The van der Waals surface area contributed by atoms with Gasteiger partial charge in [0, 0.05) is 11.1 Å². The Morgan fingerprint density at radius 1 is 0.667 bits per heavy atom. The summed E-state index contributed by atoms with van der Waals surface area (Å²) < 4.78 is 10.7. The molecule has 0 saturated carbocycles. The third kappa shape index (κ3) is 3.18. The minimum Gasteiger partial charge on any atom is -0.442 e. The Bertz CT molecular complexity index is 666. The molecule has 1 fully saturated rings. The van der Waals surface area contributed by atoms with E-state index in [4.69, 9.17) is 9.47 Å². The molecule has 24 heavy (non-hydrogen) atoms. The molecule has 0 radical (unpaired) electrons. The topological polar surface area (TPSA) is 52.6 Å². The van der Waals surface area contributed by atoms with Gasteiger partial charge in [-0.15, -0.1) is 0 Å². The monoisotopic (exact) mass is 324 g/mol. The molecule has 2 atom stereocenters. The fourth-order valence-corrected chi connectivity index (χ4v) is 2.72. The van der Waals surface area contributed by atoms with Crippen LogP contribution in [0, 0.1) is 0 Å². The second-order valence-electron chi connectivity index (χ2n) is 5.82. The van der Waals surface area contributed by atoms with Crippen LogP contribution in [0.4, 0.5) is 0 Å². The molecule has 0 N–H and O–H groups in total. The van der Waals surface area contributed by atoms with Gasteiger partial charge in [0.2, 0.25) is 12.2 Å². The van der Waals surface area contributed by atoms with Crippen LogP contribution < -0.4 is 0 Å². The van der Waals surface area contributed by atoms with Crippen LogP contribution >= 0.6 is 0 Å². The number of hydrogen-bond acceptors (Lipinski definition) is 4. The SMILES string of the molecule is CCc1ccc(C2OC(=O)C(c3ccc(CC)cc3)OC2=O)cc1. The quantitative estimate of drug-likeness (QED) is 0.805. The van der Waals surface area contributed by atoms with Gasteiger partial charge in [-0.25, -0.2) is 9.59 Å². The molecule has 1 saturated heterocycles. The highest BCUT2D eigenvalue weighted by atomic mass is 16.6. The summed E-state index contributed by atoms with van der Waals surface area (Å²) in [4.78, 5) is 24.6. The van der Waals surface area contributed by atoms with Crippen molar-refractivity contribution in [2.45, 2.75) is 38.9 Å². The Morgan fingerprint density at radius 3 is 1.29 bits per heavy atom. The highest BCUT2D eigenvalue weighted by Crippen LogP contribution is 2.32. The Morgan fingerprint density at radius 2 is 1.00 bits per heavy atom. The van der Waals surface area contributed by atoms with Crippen molar-refractivity contribution < 1.29 is 19.1 Å². The standard InChI is InChI=1S/C20H20O4/c1-3-13-5-9-15(10-6-13)17-19(21)24-18(20(22)23-17)16-11-7-14(4-2)8-12-16/h5-12,17-18H,3-4H2,1-2H3. The number of cyclic esters (lactones) is 2. The van der Waals surface area contributed by atoms with Crippen LogP contribution in [0.5, 0.6) is 0 Å². The summed E-state index contributed by atoms with van der Waals surface area (Å²) in [5.74, 6) is -1.08. The molecule has 0 aliphatic carbocycles. The van der Waals surface area contributed by atoms with E-state index in [1.165, 1.54) is 0 Å². The maximum Gasteiger partial charge on any atom is 0.353 e. The lowest BCUT2D eigenvalue weighted by Crippen LogP contribution is -2.34. The van der Waals surface area contributed by atoms with Gasteiger partial charge in [0.1, 0.15) is 0 Å². The van der Waals surface area contributed by atoms with E-state index in [0.717, 1.165) is 24.0 Å². The van der Waals surface area contributed by atoms with Crippen molar-refractivity contribution in [2.24, 2.45) is 0 Å². The molecule has 2 unspecified atom stereocenters. The van der Waals surface area contributed by atoms with Crippen molar-refractivity contribution >= 4 is 11.9 Å². The molecular formula is C20H20O4. The number of ether oxygens (including phenoxy) is 2. The smallest absolute Gasteiger partial charge is 0.353 e. The molecular weight excluding hydrogens is 304 g/mol. The number of benzene rings is 2. The Balaban J connectivity index is 1.78. The van der Waals surface area contributed by atoms with Crippen LogP contribution in [-0.2, 0) is 31.9 Å². The number of carbonyl (C=O) groups excluding carboxylic acids is 2. The molecule has 3 rings (SSSR count). The molecule has 2 aromatic rings. The van der Waals surface area contributed by atoms with E-state index in [1.807, 2.05) is 24.3 Å². The summed E-state index contributed by atoms with van der Waals surface area (Å²) in [6, 6.07) is 14.9. The fourth-order valence-electron chi connectivity index (χ4n) is 2.72. The predicted molar refractivity (Wildman–Crippen MR) is 89.3 cm³/mol. The molecule has 1 heterocycles. The van der Waals surface area contributed by atoms with Gasteiger partial charge in [-0.1, -0.05) is 62.4 Å². The van der Waals surface area contributed by atoms with Gasteiger partial charge >= 0.3 is 11.9 Å². The molecule has 0 aromatic heterocycles.